The third kappa shape index (κ3) is 4.92. The first-order valence-electron chi connectivity index (χ1n) is 8.69. The molecule has 6 nitrogen and oxygen atoms in total. The van der Waals surface area contributed by atoms with Gasteiger partial charge >= 0.3 is 0 Å². The van der Waals surface area contributed by atoms with Crippen LogP contribution in [0.1, 0.15) is 45.0 Å². The maximum absolute atomic E-state index is 8.36. The van der Waals surface area contributed by atoms with E-state index in [1.807, 2.05) is 20.9 Å². The van der Waals surface area contributed by atoms with Crippen molar-refractivity contribution >= 4 is 34.2 Å². The summed E-state index contributed by atoms with van der Waals surface area (Å²) in [6.07, 6.45) is 3.31. The zero-order chi connectivity index (χ0) is 18.8. The zero-order valence-corrected chi connectivity index (χ0v) is 15.7. The van der Waals surface area contributed by atoms with Gasteiger partial charge in [-0.3, -0.25) is 4.79 Å². The van der Waals surface area contributed by atoms with Crippen LogP contribution in [0.2, 0.25) is 0 Å². The number of unbranched alkanes of at least 4 members (excludes halogenated alkanes) is 1. The van der Waals surface area contributed by atoms with Crippen molar-refractivity contribution in [2.24, 2.45) is 0 Å². The first-order chi connectivity index (χ1) is 12.1. The summed E-state index contributed by atoms with van der Waals surface area (Å²) in [4.78, 5) is 21.3. The van der Waals surface area contributed by atoms with E-state index in [1.165, 1.54) is 12.0 Å². The number of nitrogens with one attached hydrogen (secondary N) is 2. The van der Waals surface area contributed by atoms with Crippen LogP contribution >= 0.6 is 0 Å². The van der Waals surface area contributed by atoms with Crippen LogP contribution in [0.5, 0.6) is 0 Å². The lowest BCUT2D eigenvalue weighted by atomic mass is 10.1. The molecule has 0 fully saturated rings. The molecule has 0 unspecified atom stereocenters. The van der Waals surface area contributed by atoms with Gasteiger partial charge in [0.1, 0.15) is 16.9 Å². The van der Waals surface area contributed by atoms with Gasteiger partial charge in [0.2, 0.25) is 0 Å². The Hall–Kier alpha value is -2.63. The molecule has 0 bridgehead atoms. The molecule has 6 heteroatoms. The van der Waals surface area contributed by atoms with Crippen molar-refractivity contribution in [3.8, 4) is 0 Å². The summed E-state index contributed by atoms with van der Waals surface area (Å²) in [5.41, 5.74) is 4.24. The molecule has 25 heavy (non-hydrogen) atoms. The normalized spacial score (nSPS) is 9.80. The minimum atomic E-state index is -0.250. The van der Waals surface area contributed by atoms with Gasteiger partial charge < -0.3 is 15.4 Å². The minimum Gasteiger partial charge on any atom is -0.483 e. The molecule has 3 N–H and O–H groups in total. The molecule has 0 radical (unpaired) electrons. The Morgan fingerprint density at radius 3 is 2.56 bits per heavy atom. The molecule has 3 rings (SSSR count). The largest absolute Gasteiger partial charge is 0.483 e. The Morgan fingerprint density at radius 1 is 1.28 bits per heavy atom. The summed E-state index contributed by atoms with van der Waals surface area (Å²) in [6, 6.07) is 6.34. The van der Waals surface area contributed by atoms with Crippen LogP contribution in [-0.4, -0.2) is 33.6 Å². The molecule has 136 valence electrons. The number of aromatic nitrogens is 3. The number of aryl methyl sites for hydroxylation is 2. The lowest BCUT2D eigenvalue weighted by Crippen LogP contribution is -1.95. The molecule has 0 amide bonds. The summed E-state index contributed by atoms with van der Waals surface area (Å²) in [5.74, 6) is 1.92. The molecule has 0 aliphatic carbocycles. The Balaban J connectivity index is 0.000000567. The number of hydrogen-bond acceptors (Lipinski definition) is 4. The summed E-state index contributed by atoms with van der Waals surface area (Å²) in [6.45, 7) is 8.03. The molecule has 0 aliphatic rings. The van der Waals surface area contributed by atoms with E-state index in [2.05, 4.69) is 42.3 Å². The van der Waals surface area contributed by atoms with E-state index in [9.17, 15) is 0 Å². The molecule has 0 saturated heterocycles. The molecule has 0 spiro atoms. The fraction of sp³-hybridized carbons (Fsp3) is 0.421. The number of fused-ring (bicyclic) bond motifs is 3. The van der Waals surface area contributed by atoms with E-state index >= 15 is 0 Å². The van der Waals surface area contributed by atoms with Crippen molar-refractivity contribution in [2.75, 3.05) is 12.4 Å². The van der Waals surface area contributed by atoms with Gasteiger partial charge in [-0.15, -0.1) is 0 Å². The number of anilines is 1. The minimum absolute atomic E-state index is 0.250. The van der Waals surface area contributed by atoms with Crippen molar-refractivity contribution in [3.05, 3.63) is 29.6 Å². The second-order valence-corrected chi connectivity index (χ2v) is 5.35. The van der Waals surface area contributed by atoms with Gasteiger partial charge in [0.05, 0.1) is 5.52 Å². The first-order valence-corrected chi connectivity index (χ1v) is 8.69. The van der Waals surface area contributed by atoms with Crippen LogP contribution in [0.15, 0.2) is 18.2 Å². The van der Waals surface area contributed by atoms with Crippen molar-refractivity contribution in [1.29, 1.82) is 0 Å². The van der Waals surface area contributed by atoms with E-state index in [-0.39, 0.29) is 6.47 Å². The van der Waals surface area contributed by atoms with E-state index in [0.29, 0.717) is 0 Å². The highest BCUT2D eigenvalue weighted by atomic mass is 16.3. The Kier molecular flexibility index (Phi) is 8.39. The fourth-order valence-corrected chi connectivity index (χ4v) is 2.54. The SMILES string of the molecule is CC.CCCCc1nc2c([nH]1)c(NC)nc1cc(C)ccc12.O=CO. The topological polar surface area (TPSA) is 90.9 Å². The predicted octanol–water partition coefficient (Wildman–Crippen LogP) is 4.53. The van der Waals surface area contributed by atoms with Gasteiger partial charge in [-0.2, -0.15) is 0 Å². The molecular weight excluding hydrogens is 316 g/mol. The van der Waals surface area contributed by atoms with E-state index in [4.69, 9.17) is 19.9 Å². The second-order valence-electron chi connectivity index (χ2n) is 5.35. The number of carbonyl (C=O) groups is 1. The van der Waals surface area contributed by atoms with Crippen LogP contribution in [0.25, 0.3) is 21.9 Å². The highest BCUT2D eigenvalue weighted by molar-refractivity contribution is 6.06. The van der Waals surface area contributed by atoms with Crippen LogP contribution in [0.4, 0.5) is 5.82 Å². The number of carboxylic acid groups (broad SMARTS) is 1. The maximum Gasteiger partial charge on any atom is 0.290 e. The first kappa shape index (κ1) is 20.4. The predicted molar refractivity (Wildman–Crippen MR) is 104 cm³/mol. The Morgan fingerprint density at radius 2 is 1.96 bits per heavy atom. The summed E-state index contributed by atoms with van der Waals surface area (Å²) >= 11 is 0. The zero-order valence-electron chi connectivity index (χ0n) is 15.7. The average Bonchev–Trinajstić information content (AvgIpc) is 3.05. The second kappa shape index (κ2) is 10.3. The molecule has 2 heterocycles. The van der Waals surface area contributed by atoms with Crippen molar-refractivity contribution in [1.82, 2.24) is 15.0 Å². The number of rotatable bonds is 4. The van der Waals surface area contributed by atoms with E-state index < -0.39 is 0 Å². The smallest absolute Gasteiger partial charge is 0.290 e. The molecule has 1 aromatic carbocycles. The van der Waals surface area contributed by atoms with Gasteiger partial charge in [0.15, 0.2) is 5.82 Å². The van der Waals surface area contributed by atoms with Crippen LogP contribution in [0, 0.1) is 6.92 Å². The summed E-state index contributed by atoms with van der Waals surface area (Å²) in [7, 11) is 1.90. The van der Waals surface area contributed by atoms with E-state index in [1.54, 1.807) is 0 Å². The quantitative estimate of drug-likeness (QED) is 0.605. The molecule has 0 saturated carbocycles. The standard InChI is InChI=1S/C16H20N4.C2H6.CH2O2/c1-4-5-6-13-19-14-11-8-7-10(2)9-12(11)18-16(17-3)15(14)20-13;1-2;2-1-3/h7-9H,4-6H2,1-3H3,(H,17,18)(H,19,20);1-2H3;1H,(H,2,3). The molecule has 3 aromatic rings. The number of aromatic amines is 1. The van der Waals surface area contributed by atoms with Gasteiger partial charge in [0.25, 0.3) is 6.47 Å². The number of imidazole rings is 1. The lowest BCUT2D eigenvalue weighted by molar-refractivity contribution is -0.122. The molecule has 0 atom stereocenters. The van der Waals surface area contributed by atoms with Gasteiger partial charge in [0, 0.05) is 18.9 Å². The Labute approximate surface area is 148 Å². The maximum atomic E-state index is 8.36. The third-order valence-corrected chi connectivity index (χ3v) is 3.63. The van der Waals surface area contributed by atoms with Gasteiger partial charge in [-0.25, -0.2) is 9.97 Å². The third-order valence-electron chi connectivity index (χ3n) is 3.63. The number of nitrogens with zero attached hydrogens (tertiary/aromatic N) is 2. The van der Waals surface area contributed by atoms with Crippen molar-refractivity contribution in [2.45, 2.75) is 47.0 Å². The number of H-pyrrole nitrogens is 1. The number of benzene rings is 1. The highest BCUT2D eigenvalue weighted by Gasteiger charge is 2.12. The lowest BCUT2D eigenvalue weighted by Gasteiger charge is -2.05. The average molecular weight is 344 g/mol. The highest BCUT2D eigenvalue weighted by Crippen LogP contribution is 2.28. The Bertz CT molecular complexity index is 812. The van der Waals surface area contributed by atoms with Crippen LogP contribution < -0.4 is 5.32 Å². The van der Waals surface area contributed by atoms with Gasteiger partial charge in [-0.1, -0.05) is 39.3 Å². The molecular formula is C19H28N4O2. The fourth-order valence-electron chi connectivity index (χ4n) is 2.54. The van der Waals surface area contributed by atoms with Crippen LogP contribution in [0.3, 0.4) is 0 Å². The number of hydrogen-bond donors (Lipinski definition) is 3. The van der Waals surface area contributed by atoms with Crippen molar-refractivity contribution in [3.63, 3.8) is 0 Å². The summed E-state index contributed by atoms with van der Waals surface area (Å²) in [5, 5.41) is 11.2. The van der Waals surface area contributed by atoms with Crippen molar-refractivity contribution < 1.29 is 9.90 Å². The van der Waals surface area contributed by atoms with Crippen LogP contribution in [-0.2, 0) is 11.2 Å². The van der Waals surface area contributed by atoms with Gasteiger partial charge in [-0.05, 0) is 25.0 Å². The summed E-state index contributed by atoms with van der Waals surface area (Å²) < 4.78 is 0. The molecule has 2 aromatic heterocycles. The molecule has 0 aliphatic heterocycles. The monoisotopic (exact) mass is 344 g/mol. The number of pyridine rings is 1. The van der Waals surface area contributed by atoms with E-state index in [0.717, 1.165) is 46.4 Å².